The van der Waals surface area contributed by atoms with Gasteiger partial charge in [-0.3, -0.25) is 10.1 Å². The van der Waals surface area contributed by atoms with E-state index in [2.05, 4.69) is 41.7 Å². The second kappa shape index (κ2) is 14.3. The Balaban J connectivity index is 0.000000771. The molecule has 39 heavy (non-hydrogen) atoms. The Labute approximate surface area is 244 Å². The lowest BCUT2D eigenvalue weighted by atomic mass is 10.4. The molecule has 11 heteroatoms. The third-order valence-corrected chi connectivity index (χ3v) is 11.3. The molecule has 0 aliphatic heterocycles. The van der Waals surface area contributed by atoms with Crippen molar-refractivity contribution in [2.75, 3.05) is 0 Å². The standard InChI is InChI=1S/C28H22Cl2NOPS.ClHO4/c1-21(32)31-28(27(30)34-26-19-17-22(29)18-20-26)33(23-11-5-2-6-12-23,24-13-7-3-8-14-24)25-15-9-4-10-16-25;2-1(3,4)5/h2-20H,1H3;(H,2,3,4,5)/b28-27+;. The minimum absolute atomic E-state index is 0.169. The van der Waals surface area contributed by atoms with Crippen molar-refractivity contribution in [2.24, 2.45) is 0 Å². The number of hydrogen-bond donors (Lipinski definition) is 1. The Kier molecular flexibility index (Phi) is 11.4. The Morgan fingerprint density at radius 3 is 1.41 bits per heavy atom. The summed E-state index contributed by atoms with van der Waals surface area (Å²) in [5, 5.41) is 7.13. The molecule has 0 radical (unpaired) electrons. The first-order valence-electron chi connectivity index (χ1n) is 11.3. The fourth-order valence-electron chi connectivity index (χ4n) is 3.88. The van der Waals surface area contributed by atoms with Crippen molar-refractivity contribution < 1.29 is 33.7 Å². The molecule has 0 aromatic heterocycles. The molecule has 0 spiro atoms. The maximum absolute atomic E-state index is 12.6. The first-order valence-corrected chi connectivity index (χ1v) is 15.9. The van der Waals surface area contributed by atoms with Crippen LogP contribution >= 0.6 is 42.2 Å². The van der Waals surface area contributed by atoms with Gasteiger partial charge in [0, 0.05) is 16.8 Å². The first-order chi connectivity index (χ1) is 18.5. The molecule has 0 fully saturated rings. The summed E-state index contributed by atoms with van der Waals surface area (Å²) in [5.74, 6) is -0.169. The van der Waals surface area contributed by atoms with E-state index in [1.807, 2.05) is 78.9 Å². The molecule has 0 saturated carbocycles. The molecule has 1 N–H and O–H groups in total. The van der Waals surface area contributed by atoms with Crippen LogP contribution in [0.3, 0.4) is 0 Å². The van der Waals surface area contributed by atoms with Gasteiger partial charge >= 0.3 is 0 Å². The van der Waals surface area contributed by atoms with Crippen LogP contribution in [-0.4, -0.2) is 5.91 Å². The van der Waals surface area contributed by atoms with E-state index in [9.17, 15) is 4.79 Å². The van der Waals surface area contributed by atoms with Crippen LogP contribution in [0.25, 0.3) is 0 Å². The van der Waals surface area contributed by atoms with E-state index in [0.717, 1.165) is 20.8 Å². The van der Waals surface area contributed by atoms with Crippen LogP contribution in [0.5, 0.6) is 0 Å². The van der Waals surface area contributed by atoms with Gasteiger partial charge in [0.15, 0.2) is 7.26 Å². The summed E-state index contributed by atoms with van der Waals surface area (Å²) in [6, 6.07) is 38.4. The Bertz CT molecular complexity index is 1290. The summed E-state index contributed by atoms with van der Waals surface area (Å²) < 4.78 is 34.5. The van der Waals surface area contributed by atoms with E-state index in [-0.39, 0.29) is 5.91 Å². The van der Waals surface area contributed by atoms with E-state index in [0.29, 0.717) is 14.8 Å². The van der Waals surface area contributed by atoms with Crippen molar-refractivity contribution in [3.05, 3.63) is 130 Å². The van der Waals surface area contributed by atoms with E-state index in [1.165, 1.54) is 18.7 Å². The summed E-state index contributed by atoms with van der Waals surface area (Å²) in [5.41, 5.74) is 0.713. The highest BCUT2D eigenvalue weighted by atomic mass is 35.7. The topological polar surface area (TPSA) is 121 Å². The Morgan fingerprint density at radius 1 is 0.718 bits per heavy atom. The number of carbonyl (C=O) groups is 1. The lowest BCUT2D eigenvalue weighted by Gasteiger charge is -2.29. The highest BCUT2D eigenvalue weighted by molar-refractivity contribution is 8.06. The highest BCUT2D eigenvalue weighted by Gasteiger charge is 2.52. The molecule has 0 unspecified atom stereocenters. The minimum atomic E-state index is -4.94. The molecule has 0 bridgehead atoms. The zero-order chi connectivity index (χ0) is 28.5. The van der Waals surface area contributed by atoms with Crippen LogP contribution in [0.1, 0.15) is 6.92 Å². The normalized spacial score (nSPS) is 12.1. The van der Waals surface area contributed by atoms with Crippen molar-refractivity contribution in [1.29, 1.82) is 0 Å². The Hall–Kier alpha value is -2.42. The lowest BCUT2D eigenvalue weighted by Crippen LogP contribution is -2.68. The van der Waals surface area contributed by atoms with E-state index in [4.69, 9.17) is 41.8 Å². The van der Waals surface area contributed by atoms with Crippen molar-refractivity contribution in [3.63, 3.8) is 0 Å². The molecular weight excluding hydrogens is 600 g/mol. The SMILES string of the molecule is CC(=O)N/C(=C(/Cl)Sc1ccc(Cl)cc1)[P+](c1ccccc1)(c1ccccc1)c1ccccc1.[O-][Cl+3]([O-])([O-])[O-]. The molecule has 0 atom stereocenters. The number of halogens is 3. The number of amides is 1. The lowest BCUT2D eigenvalue weighted by molar-refractivity contribution is -2.00. The summed E-state index contributed by atoms with van der Waals surface area (Å²) in [6.07, 6.45) is 0. The second-order valence-electron chi connectivity index (χ2n) is 7.91. The van der Waals surface area contributed by atoms with Gasteiger partial charge < -0.3 is 0 Å². The molecule has 0 aliphatic rings. The average Bonchev–Trinajstić information content (AvgIpc) is 2.90. The predicted octanol–water partition coefficient (Wildman–Crippen LogP) is 2.17. The van der Waals surface area contributed by atoms with Gasteiger partial charge in [0.05, 0.1) is 0 Å². The van der Waals surface area contributed by atoms with Gasteiger partial charge in [0.25, 0.3) is 0 Å². The Morgan fingerprint density at radius 2 is 1.08 bits per heavy atom. The van der Waals surface area contributed by atoms with Gasteiger partial charge in [-0.2, -0.15) is 0 Å². The number of nitrogens with one attached hydrogen (secondary N) is 1. The van der Waals surface area contributed by atoms with Crippen LogP contribution < -0.4 is 39.9 Å². The average molecular weight is 623 g/mol. The monoisotopic (exact) mass is 621 g/mol. The third kappa shape index (κ3) is 8.78. The maximum atomic E-state index is 12.6. The zero-order valence-corrected chi connectivity index (χ0v) is 24.5. The van der Waals surface area contributed by atoms with Crippen LogP contribution in [-0.2, 0) is 4.79 Å². The first kappa shape index (κ1) is 31.1. The molecule has 4 aromatic rings. The van der Waals surface area contributed by atoms with Gasteiger partial charge in [-0.25, -0.2) is 18.6 Å². The minimum Gasteiger partial charge on any atom is -0.295 e. The van der Waals surface area contributed by atoms with Crippen LogP contribution in [0.15, 0.2) is 130 Å². The molecule has 0 heterocycles. The molecular formula is C28H23Cl3NO5PS. The van der Waals surface area contributed by atoms with Crippen LogP contribution in [0.4, 0.5) is 0 Å². The van der Waals surface area contributed by atoms with Gasteiger partial charge in [0.2, 0.25) is 11.3 Å². The van der Waals surface area contributed by atoms with Crippen molar-refractivity contribution >= 4 is 64.0 Å². The molecule has 1 amide bonds. The quantitative estimate of drug-likeness (QED) is 0.249. The van der Waals surface area contributed by atoms with E-state index in [1.54, 1.807) is 0 Å². The van der Waals surface area contributed by atoms with Crippen molar-refractivity contribution in [3.8, 4) is 0 Å². The summed E-state index contributed by atoms with van der Waals surface area (Å²) in [7, 11) is -7.50. The zero-order valence-electron chi connectivity index (χ0n) is 20.5. The number of carbonyl (C=O) groups excluding carboxylic acids is 1. The fraction of sp³-hybridized carbons (Fsp3) is 0.0357. The number of thioether (sulfide) groups is 1. The second-order valence-corrected chi connectivity index (χ2v) is 14.1. The molecule has 4 aromatic carbocycles. The van der Waals surface area contributed by atoms with E-state index < -0.39 is 17.5 Å². The van der Waals surface area contributed by atoms with Gasteiger partial charge in [-0.15, -0.1) is 10.2 Å². The largest absolute Gasteiger partial charge is 0.295 e. The van der Waals surface area contributed by atoms with E-state index >= 15 is 0 Å². The third-order valence-electron chi connectivity index (χ3n) is 5.27. The number of hydrogen-bond acceptors (Lipinski definition) is 6. The van der Waals surface area contributed by atoms with Gasteiger partial charge in [-0.1, -0.05) is 89.6 Å². The van der Waals surface area contributed by atoms with Crippen LogP contribution in [0.2, 0.25) is 5.02 Å². The molecule has 0 saturated heterocycles. The molecule has 0 aliphatic carbocycles. The van der Waals surface area contributed by atoms with Crippen molar-refractivity contribution in [1.82, 2.24) is 5.32 Å². The van der Waals surface area contributed by atoms with Crippen LogP contribution in [0, 0.1) is 10.2 Å². The summed E-state index contributed by atoms with van der Waals surface area (Å²) in [4.78, 5) is 13.5. The van der Waals surface area contributed by atoms with Gasteiger partial charge in [-0.05, 0) is 60.7 Å². The maximum Gasteiger partial charge on any atom is 0.223 e. The summed E-state index contributed by atoms with van der Waals surface area (Å²) >= 11 is 14.6. The number of rotatable bonds is 7. The molecule has 6 nitrogen and oxygen atoms in total. The van der Waals surface area contributed by atoms with Crippen molar-refractivity contribution in [2.45, 2.75) is 11.8 Å². The predicted molar refractivity (Wildman–Crippen MR) is 149 cm³/mol. The van der Waals surface area contributed by atoms with Gasteiger partial charge in [0.1, 0.15) is 20.3 Å². The molecule has 202 valence electrons. The smallest absolute Gasteiger partial charge is 0.223 e. The highest BCUT2D eigenvalue weighted by Crippen LogP contribution is 2.63. The fourth-order valence-corrected chi connectivity index (χ4v) is 9.99. The number of benzene rings is 4. The summed E-state index contributed by atoms with van der Waals surface area (Å²) in [6.45, 7) is 1.52. The molecule has 4 rings (SSSR count).